The number of carbonyl (C=O) groups is 1. The molecular formula is C19H17ClN2O5. The highest BCUT2D eigenvalue weighted by Gasteiger charge is 2.28. The van der Waals surface area contributed by atoms with Crippen molar-refractivity contribution in [2.75, 3.05) is 19.9 Å². The van der Waals surface area contributed by atoms with E-state index in [1.54, 1.807) is 0 Å². The average Bonchev–Trinajstić information content (AvgIpc) is 3.24. The van der Waals surface area contributed by atoms with Gasteiger partial charge in [-0.05, 0) is 24.3 Å². The molecular weight excluding hydrogens is 372 g/mol. The Balaban J connectivity index is 1.52. The van der Waals surface area contributed by atoms with Crippen molar-refractivity contribution < 1.29 is 23.7 Å². The second-order valence-electron chi connectivity index (χ2n) is 6.75. The van der Waals surface area contributed by atoms with Gasteiger partial charge in [0, 0.05) is 41.9 Å². The van der Waals surface area contributed by atoms with Crippen LogP contribution in [0.1, 0.15) is 11.1 Å². The smallest absolute Gasteiger partial charge is 0.407 e. The van der Waals surface area contributed by atoms with Crippen molar-refractivity contribution in [2.45, 2.75) is 19.2 Å². The van der Waals surface area contributed by atoms with Gasteiger partial charge in [0.2, 0.25) is 6.79 Å². The standard InChI is InChI=1S/C19H17ClN2O5/c20-13-1-2-15-11(3-13)7-22(9-14-6-21-19(23)26-14)8-12-4-17-18(25-10-24-17)5-16(12)27-15/h1-5,14H,6-10H2,(H,21,23). The van der Waals surface area contributed by atoms with Crippen LogP contribution in [0.2, 0.25) is 5.02 Å². The summed E-state index contributed by atoms with van der Waals surface area (Å²) >= 11 is 6.19. The Hall–Kier alpha value is -2.64. The summed E-state index contributed by atoms with van der Waals surface area (Å²) in [6.45, 7) is 2.54. The molecule has 0 aliphatic carbocycles. The van der Waals surface area contributed by atoms with Gasteiger partial charge in [0.05, 0.1) is 6.54 Å². The predicted molar refractivity (Wildman–Crippen MR) is 96.5 cm³/mol. The molecule has 1 saturated heterocycles. The van der Waals surface area contributed by atoms with E-state index >= 15 is 0 Å². The number of hydrogen-bond acceptors (Lipinski definition) is 6. The Labute approximate surface area is 160 Å². The number of nitrogens with zero attached hydrogens (tertiary/aromatic N) is 1. The number of rotatable bonds is 2. The van der Waals surface area contributed by atoms with E-state index in [0.717, 1.165) is 16.9 Å². The molecule has 3 aliphatic rings. The van der Waals surface area contributed by atoms with Gasteiger partial charge < -0.3 is 24.3 Å². The summed E-state index contributed by atoms with van der Waals surface area (Å²) in [5.41, 5.74) is 1.96. The quantitative estimate of drug-likeness (QED) is 0.851. The van der Waals surface area contributed by atoms with Gasteiger partial charge in [0.1, 0.15) is 17.6 Å². The number of carbonyl (C=O) groups excluding carboxylic acids is 1. The third-order valence-corrected chi connectivity index (χ3v) is 5.03. The van der Waals surface area contributed by atoms with Crippen LogP contribution in [0.4, 0.5) is 4.79 Å². The first-order valence-electron chi connectivity index (χ1n) is 8.70. The van der Waals surface area contributed by atoms with Crippen LogP contribution in [0.25, 0.3) is 0 Å². The van der Waals surface area contributed by atoms with Gasteiger partial charge in [-0.3, -0.25) is 4.90 Å². The predicted octanol–water partition coefficient (Wildman–Crippen LogP) is 3.29. The van der Waals surface area contributed by atoms with Crippen LogP contribution >= 0.6 is 11.6 Å². The molecule has 1 atom stereocenters. The van der Waals surface area contributed by atoms with E-state index < -0.39 is 0 Å². The van der Waals surface area contributed by atoms with Gasteiger partial charge in [0.15, 0.2) is 11.5 Å². The zero-order valence-corrected chi connectivity index (χ0v) is 15.1. The van der Waals surface area contributed by atoms with Crippen molar-refractivity contribution in [1.82, 2.24) is 10.2 Å². The molecule has 1 fully saturated rings. The minimum atomic E-state index is -0.373. The number of fused-ring (bicyclic) bond motifs is 3. The van der Waals surface area contributed by atoms with E-state index in [9.17, 15) is 4.79 Å². The molecule has 1 amide bonds. The molecule has 8 heteroatoms. The largest absolute Gasteiger partial charge is 0.457 e. The fourth-order valence-corrected chi connectivity index (χ4v) is 3.76. The highest BCUT2D eigenvalue weighted by molar-refractivity contribution is 6.30. The third-order valence-electron chi connectivity index (χ3n) is 4.80. The van der Waals surface area contributed by atoms with Crippen molar-refractivity contribution in [1.29, 1.82) is 0 Å². The van der Waals surface area contributed by atoms with Gasteiger partial charge in [-0.15, -0.1) is 0 Å². The second-order valence-corrected chi connectivity index (χ2v) is 7.18. The fraction of sp³-hybridized carbons (Fsp3) is 0.316. The van der Waals surface area contributed by atoms with Gasteiger partial charge >= 0.3 is 6.09 Å². The molecule has 140 valence electrons. The Bertz CT molecular complexity index is 919. The third kappa shape index (κ3) is 3.24. The number of amides is 1. The molecule has 5 rings (SSSR count). The molecule has 0 bridgehead atoms. The monoisotopic (exact) mass is 388 g/mol. The van der Waals surface area contributed by atoms with Crippen LogP contribution < -0.4 is 19.5 Å². The molecule has 0 saturated carbocycles. The minimum Gasteiger partial charge on any atom is -0.457 e. The molecule has 3 heterocycles. The van der Waals surface area contributed by atoms with E-state index in [-0.39, 0.29) is 19.0 Å². The lowest BCUT2D eigenvalue weighted by atomic mass is 10.1. The van der Waals surface area contributed by atoms with E-state index in [2.05, 4.69) is 10.2 Å². The first-order chi connectivity index (χ1) is 13.1. The zero-order valence-electron chi connectivity index (χ0n) is 14.4. The minimum absolute atomic E-state index is 0.196. The number of hydrogen-bond donors (Lipinski definition) is 1. The number of cyclic esters (lactones) is 1. The van der Waals surface area contributed by atoms with Gasteiger partial charge in [-0.2, -0.15) is 0 Å². The summed E-state index contributed by atoms with van der Waals surface area (Å²) in [6.07, 6.45) is -0.569. The first-order valence-corrected chi connectivity index (χ1v) is 9.07. The lowest BCUT2D eigenvalue weighted by Crippen LogP contribution is -2.34. The topological polar surface area (TPSA) is 69.3 Å². The molecule has 1 unspecified atom stereocenters. The second kappa shape index (κ2) is 6.51. The highest BCUT2D eigenvalue weighted by Crippen LogP contribution is 2.42. The van der Waals surface area contributed by atoms with Crippen molar-refractivity contribution in [3.8, 4) is 23.0 Å². The Morgan fingerprint density at radius 2 is 1.81 bits per heavy atom. The molecule has 0 aromatic heterocycles. The Morgan fingerprint density at radius 1 is 1.04 bits per heavy atom. The van der Waals surface area contributed by atoms with Crippen LogP contribution in [-0.2, 0) is 17.8 Å². The number of halogens is 1. The van der Waals surface area contributed by atoms with Crippen LogP contribution in [0, 0.1) is 0 Å². The van der Waals surface area contributed by atoms with E-state index in [0.29, 0.717) is 48.5 Å². The molecule has 0 spiro atoms. The van der Waals surface area contributed by atoms with E-state index in [1.807, 2.05) is 30.3 Å². The summed E-state index contributed by atoms with van der Waals surface area (Å²) in [7, 11) is 0. The fourth-order valence-electron chi connectivity index (χ4n) is 3.56. The first kappa shape index (κ1) is 16.5. The molecule has 2 aromatic rings. The maximum Gasteiger partial charge on any atom is 0.407 e. The van der Waals surface area contributed by atoms with Crippen molar-refractivity contribution in [2.24, 2.45) is 0 Å². The van der Waals surface area contributed by atoms with E-state index in [4.69, 9.17) is 30.5 Å². The summed E-state index contributed by atoms with van der Waals surface area (Å²) in [6, 6.07) is 9.39. The zero-order chi connectivity index (χ0) is 18.4. The van der Waals surface area contributed by atoms with Gasteiger partial charge in [-0.25, -0.2) is 4.79 Å². The number of ether oxygens (including phenoxy) is 4. The normalized spacial score (nSPS) is 20.6. The van der Waals surface area contributed by atoms with Gasteiger partial charge in [-0.1, -0.05) is 11.6 Å². The maximum atomic E-state index is 11.4. The van der Waals surface area contributed by atoms with Crippen molar-refractivity contribution >= 4 is 17.7 Å². The number of alkyl carbamates (subject to hydrolysis) is 1. The van der Waals surface area contributed by atoms with E-state index in [1.165, 1.54) is 0 Å². The Morgan fingerprint density at radius 3 is 2.59 bits per heavy atom. The average molecular weight is 389 g/mol. The summed E-state index contributed by atoms with van der Waals surface area (Å²) in [5, 5.41) is 3.35. The number of benzene rings is 2. The maximum absolute atomic E-state index is 11.4. The molecule has 2 aromatic carbocycles. The lowest BCUT2D eigenvalue weighted by Gasteiger charge is -2.29. The van der Waals surface area contributed by atoms with Crippen molar-refractivity contribution in [3.63, 3.8) is 0 Å². The van der Waals surface area contributed by atoms with Gasteiger partial charge in [0.25, 0.3) is 0 Å². The van der Waals surface area contributed by atoms with Crippen LogP contribution in [0.3, 0.4) is 0 Å². The lowest BCUT2D eigenvalue weighted by molar-refractivity contribution is 0.101. The SMILES string of the molecule is O=C1NCC(CN2Cc3cc(Cl)ccc3Oc3cc4c(cc3C2)OCO4)O1. The van der Waals surface area contributed by atoms with Crippen LogP contribution in [0.15, 0.2) is 30.3 Å². The summed E-state index contributed by atoms with van der Waals surface area (Å²) in [5.74, 6) is 2.84. The number of nitrogens with one attached hydrogen (secondary N) is 1. The molecule has 3 aliphatic heterocycles. The molecule has 27 heavy (non-hydrogen) atoms. The summed E-state index contributed by atoms with van der Waals surface area (Å²) < 4.78 is 22.5. The highest BCUT2D eigenvalue weighted by atomic mass is 35.5. The molecule has 1 N–H and O–H groups in total. The van der Waals surface area contributed by atoms with Crippen LogP contribution in [-0.4, -0.2) is 37.0 Å². The Kier molecular flexibility index (Phi) is 3.98. The molecule has 0 radical (unpaired) electrons. The van der Waals surface area contributed by atoms with Crippen LogP contribution in [0.5, 0.6) is 23.0 Å². The molecule has 7 nitrogen and oxygen atoms in total. The summed E-state index contributed by atoms with van der Waals surface area (Å²) in [4.78, 5) is 13.6. The van der Waals surface area contributed by atoms with Crippen molar-refractivity contribution in [3.05, 3.63) is 46.5 Å².